The number of hydrogen-bond donors (Lipinski definition) is 0. The summed E-state index contributed by atoms with van der Waals surface area (Å²) in [7, 11) is 0. The van der Waals surface area contributed by atoms with Gasteiger partial charge in [-0.3, -0.25) is 4.79 Å². The smallest absolute Gasteiger partial charge is 0.256 e. The fourth-order valence-electron chi connectivity index (χ4n) is 2.40. The van der Waals surface area contributed by atoms with E-state index in [1.165, 1.54) is 18.2 Å². The third-order valence-electron chi connectivity index (χ3n) is 3.47. The first kappa shape index (κ1) is 15.8. The van der Waals surface area contributed by atoms with Gasteiger partial charge >= 0.3 is 0 Å². The van der Waals surface area contributed by atoms with Crippen LogP contribution in [0.5, 0.6) is 0 Å². The third kappa shape index (κ3) is 3.16. The van der Waals surface area contributed by atoms with E-state index in [1.54, 1.807) is 16.7 Å². The van der Waals surface area contributed by atoms with E-state index < -0.39 is 5.82 Å². The van der Waals surface area contributed by atoms with Crippen LogP contribution in [0.3, 0.4) is 0 Å². The Morgan fingerprint density at radius 1 is 1.27 bits per heavy atom. The number of nitrogens with zero attached hydrogens (tertiary/aromatic N) is 1. The van der Waals surface area contributed by atoms with Gasteiger partial charge in [0.15, 0.2) is 0 Å². The summed E-state index contributed by atoms with van der Waals surface area (Å²) in [5, 5.41) is 0.109. The summed E-state index contributed by atoms with van der Waals surface area (Å²) >= 11 is 11.1. The van der Waals surface area contributed by atoms with E-state index in [1.807, 2.05) is 24.3 Å². The van der Waals surface area contributed by atoms with E-state index in [9.17, 15) is 9.18 Å². The fraction of sp³-hybridized carbons (Fsp3) is 0.188. The van der Waals surface area contributed by atoms with Gasteiger partial charge in [0, 0.05) is 16.8 Å². The molecule has 0 radical (unpaired) electrons. The summed E-state index contributed by atoms with van der Waals surface area (Å²) in [6.45, 7) is 0.651. The lowest BCUT2D eigenvalue weighted by Gasteiger charge is -2.24. The number of benzene rings is 2. The molecule has 0 aromatic heterocycles. The van der Waals surface area contributed by atoms with Crippen molar-refractivity contribution in [2.45, 2.75) is 5.37 Å². The Bertz CT molecular complexity index is 710. The molecule has 3 rings (SSSR count). The second-order valence-corrected chi connectivity index (χ2v) is 7.41. The van der Waals surface area contributed by atoms with Crippen molar-refractivity contribution in [2.75, 3.05) is 12.3 Å². The summed E-state index contributed by atoms with van der Waals surface area (Å²) in [6.07, 6.45) is 0. The van der Waals surface area contributed by atoms with Crippen LogP contribution in [0.1, 0.15) is 21.3 Å². The Labute approximate surface area is 145 Å². The molecular weight excluding hydrogens is 389 g/mol. The molecule has 22 heavy (non-hydrogen) atoms. The molecule has 0 bridgehead atoms. The van der Waals surface area contributed by atoms with Gasteiger partial charge in [-0.1, -0.05) is 39.7 Å². The van der Waals surface area contributed by atoms with Crippen LogP contribution in [0.15, 0.2) is 46.9 Å². The zero-order valence-corrected chi connectivity index (χ0v) is 14.6. The average Bonchev–Trinajstić information content (AvgIpc) is 2.97. The van der Waals surface area contributed by atoms with Crippen molar-refractivity contribution in [3.63, 3.8) is 0 Å². The summed E-state index contributed by atoms with van der Waals surface area (Å²) in [5.74, 6) is 0.260. The van der Waals surface area contributed by atoms with Gasteiger partial charge in [-0.15, -0.1) is 11.8 Å². The fourth-order valence-corrected chi connectivity index (χ4v) is 4.17. The lowest BCUT2D eigenvalue weighted by atomic mass is 10.1. The Balaban J connectivity index is 1.89. The van der Waals surface area contributed by atoms with E-state index in [4.69, 9.17) is 11.6 Å². The molecule has 0 spiro atoms. The van der Waals surface area contributed by atoms with Crippen LogP contribution in [-0.2, 0) is 0 Å². The van der Waals surface area contributed by atoms with Crippen molar-refractivity contribution in [1.29, 1.82) is 0 Å². The van der Waals surface area contributed by atoms with E-state index >= 15 is 0 Å². The highest BCUT2D eigenvalue weighted by Crippen LogP contribution is 2.39. The van der Waals surface area contributed by atoms with Crippen LogP contribution in [0, 0.1) is 5.82 Å². The van der Waals surface area contributed by atoms with Crippen LogP contribution in [-0.4, -0.2) is 23.1 Å². The lowest BCUT2D eigenvalue weighted by molar-refractivity contribution is 0.0760. The lowest BCUT2D eigenvalue weighted by Crippen LogP contribution is -2.30. The normalized spacial score (nSPS) is 17.8. The van der Waals surface area contributed by atoms with Crippen LogP contribution < -0.4 is 0 Å². The van der Waals surface area contributed by atoms with E-state index in [0.29, 0.717) is 12.1 Å². The first-order valence-electron chi connectivity index (χ1n) is 6.69. The molecule has 2 aromatic carbocycles. The molecule has 2 nitrogen and oxygen atoms in total. The maximum Gasteiger partial charge on any atom is 0.256 e. The molecule has 2 aromatic rings. The molecule has 114 valence electrons. The van der Waals surface area contributed by atoms with Crippen molar-refractivity contribution in [1.82, 2.24) is 4.90 Å². The largest absolute Gasteiger partial charge is 0.322 e. The molecule has 1 aliphatic rings. The monoisotopic (exact) mass is 399 g/mol. The Hall–Kier alpha value is -1.04. The summed E-state index contributed by atoms with van der Waals surface area (Å²) in [5.41, 5.74) is 1.41. The van der Waals surface area contributed by atoms with E-state index in [0.717, 1.165) is 15.8 Å². The predicted molar refractivity (Wildman–Crippen MR) is 91.8 cm³/mol. The van der Waals surface area contributed by atoms with Crippen molar-refractivity contribution < 1.29 is 9.18 Å². The number of amides is 1. The minimum Gasteiger partial charge on any atom is -0.322 e. The van der Waals surface area contributed by atoms with Crippen LogP contribution in [0.25, 0.3) is 0 Å². The molecule has 0 N–H and O–H groups in total. The first-order chi connectivity index (χ1) is 10.6. The van der Waals surface area contributed by atoms with Gasteiger partial charge in [0.1, 0.15) is 11.2 Å². The molecular formula is C16H12BrClFNOS. The second-order valence-electron chi connectivity index (χ2n) is 4.90. The number of rotatable bonds is 2. The highest BCUT2D eigenvalue weighted by molar-refractivity contribution is 9.10. The van der Waals surface area contributed by atoms with Crippen LogP contribution >= 0.6 is 39.3 Å². The molecule has 1 aliphatic heterocycles. The van der Waals surface area contributed by atoms with Gasteiger partial charge in [0.25, 0.3) is 5.91 Å². The van der Waals surface area contributed by atoms with Crippen molar-refractivity contribution in [3.8, 4) is 0 Å². The predicted octanol–water partition coefficient (Wildman–Crippen LogP) is 5.13. The van der Waals surface area contributed by atoms with Crippen molar-refractivity contribution in [3.05, 3.63) is 68.9 Å². The van der Waals surface area contributed by atoms with Crippen molar-refractivity contribution in [2.24, 2.45) is 0 Å². The Morgan fingerprint density at radius 3 is 2.68 bits per heavy atom. The third-order valence-corrected chi connectivity index (χ3v) is 5.57. The molecule has 0 aliphatic carbocycles. The SMILES string of the molecule is O=C(c1ccc(F)cc1Cl)N1CCSC1c1ccc(Br)cc1. The van der Waals surface area contributed by atoms with Gasteiger partial charge in [0.2, 0.25) is 0 Å². The van der Waals surface area contributed by atoms with Gasteiger partial charge in [0.05, 0.1) is 10.6 Å². The highest BCUT2D eigenvalue weighted by Gasteiger charge is 2.32. The number of thioether (sulfide) groups is 1. The molecule has 1 saturated heterocycles. The van der Waals surface area contributed by atoms with E-state index in [2.05, 4.69) is 15.9 Å². The zero-order valence-electron chi connectivity index (χ0n) is 11.4. The minimum absolute atomic E-state index is 0.0401. The minimum atomic E-state index is -0.443. The number of hydrogen-bond acceptors (Lipinski definition) is 2. The summed E-state index contributed by atoms with van der Waals surface area (Å²) in [4.78, 5) is 14.5. The zero-order chi connectivity index (χ0) is 15.7. The maximum atomic E-state index is 13.1. The standard InChI is InChI=1S/C16H12BrClFNOS/c17-11-3-1-10(2-4-11)16-20(7-8-22-16)15(21)13-6-5-12(19)9-14(13)18/h1-6,9,16H,7-8H2. The number of halogens is 3. The van der Waals surface area contributed by atoms with E-state index in [-0.39, 0.29) is 16.3 Å². The molecule has 1 atom stereocenters. The molecule has 0 saturated carbocycles. The van der Waals surface area contributed by atoms with Crippen LogP contribution in [0.4, 0.5) is 4.39 Å². The highest BCUT2D eigenvalue weighted by atomic mass is 79.9. The molecule has 1 amide bonds. The summed E-state index contributed by atoms with van der Waals surface area (Å²) in [6, 6.07) is 11.8. The molecule has 1 unspecified atom stereocenters. The summed E-state index contributed by atoms with van der Waals surface area (Å²) < 4.78 is 14.1. The Kier molecular flexibility index (Phi) is 4.76. The van der Waals surface area contributed by atoms with Crippen molar-refractivity contribution >= 4 is 45.2 Å². The molecule has 6 heteroatoms. The molecule has 1 fully saturated rings. The maximum absolute atomic E-state index is 13.1. The van der Waals surface area contributed by atoms with Crippen LogP contribution in [0.2, 0.25) is 5.02 Å². The van der Waals surface area contributed by atoms with Gasteiger partial charge < -0.3 is 4.90 Å². The average molecular weight is 401 g/mol. The topological polar surface area (TPSA) is 20.3 Å². The number of carbonyl (C=O) groups is 1. The van der Waals surface area contributed by atoms with Gasteiger partial charge in [-0.25, -0.2) is 4.39 Å². The quantitative estimate of drug-likeness (QED) is 0.696. The van der Waals surface area contributed by atoms with Gasteiger partial charge in [-0.2, -0.15) is 0 Å². The second kappa shape index (κ2) is 6.60. The number of carbonyl (C=O) groups excluding carboxylic acids is 1. The van der Waals surface area contributed by atoms with Gasteiger partial charge in [-0.05, 0) is 35.9 Å². The first-order valence-corrected chi connectivity index (χ1v) is 8.91. The molecule has 1 heterocycles. The Morgan fingerprint density at radius 2 is 2.00 bits per heavy atom.